The second-order valence-corrected chi connectivity index (χ2v) is 7.94. The van der Waals surface area contributed by atoms with Crippen LogP contribution < -0.4 is 0 Å². The fourth-order valence-corrected chi connectivity index (χ4v) is 4.33. The number of aryl methyl sites for hydroxylation is 1. The summed E-state index contributed by atoms with van der Waals surface area (Å²) in [5, 5.41) is 7.49. The van der Waals surface area contributed by atoms with Crippen molar-refractivity contribution in [3.05, 3.63) is 35.2 Å². The average molecular weight is 371 g/mol. The number of unbranched alkanes of at least 4 members (excludes halogenated alkanes) is 1. The number of H-pyrrole nitrogens is 1. The first-order valence-corrected chi connectivity index (χ1v) is 10.2. The number of likely N-dealkylation sites (N-methyl/N-ethyl adjacent to an activating group) is 1. The van der Waals surface area contributed by atoms with Crippen molar-refractivity contribution < 1.29 is 4.79 Å². The number of nitrogens with one attached hydrogen (secondary N) is 1. The van der Waals surface area contributed by atoms with Crippen molar-refractivity contribution in [3.8, 4) is 0 Å². The van der Waals surface area contributed by atoms with Crippen LogP contribution in [0.15, 0.2) is 12.4 Å². The van der Waals surface area contributed by atoms with Gasteiger partial charge in [-0.2, -0.15) is 5.10 Å². The van der Waals surface area contributed by atoms with Crippen molar-refractivity contribution >= 4 is 5.91 Å². The molecule has 2 aromatic rings. The first-order valence-electron chi connectivity index (χ1n) is 10.2. The number of carbonyl (C=O) groups is 1. The summed E-state index contributed by atoms with van der Waals surface area (Å²) in [6.07, 6.45) is 9.34. The standard InChI is InChI=1S/C20H30N6O/c1-3-4-9-25-12-8-21-19(25)15-6-5-10-26(13-15)20(27)18-16-14-24(2)11-7-17(16)22-23-18/h8,12,15H,3-7,9-11,13-14H2,1-2H3,(H,22,23). The highest BCUT2D eigenvalue weighted by molar-refractivity contribution is 5.94. The Bertz CT molecular complexity index is 794. The van der Waals surface area contributed by atoms with Gasteiger partial charge < -0.3 is 14.4 Å². The number of aromatic amines is 1. The van der Waals surface area contributed by atoms with Crippen molar-refractivity contribution in [1.29, 1.82) is 0 Å². The fraction of sp³-hybridized carbons (Fsp3) is 0.650. The summed E-state index contributed by atoms with van der Waals surface area (Å²) in [4.78, 5) is 22.1. The minimum absolute atomic E-state index is 0.0687. The van der Waals surface area contributed by atoms with Crippen LogP contribution in [-0.2, 0) is 19.5 Å². The van der Waals surface area contributed by atoms with Crippen molar-refractivity contribution in [3.63, 3.8) is 0 Å². The van der Waals surface area contributed by atoms with Crippen LogP contribution in [0.3, 0.4) is 0 Å². The van der Waals surface area contributed by atoms with E-state index in [0.717, 1.165) is 75.5 Å². The molecule has 1 fully saturated rings. The molecule has 4 rings (SSSR count). The normalized spacial score (nSPS) is 20.7. The van der Waals surface area contributed by atoms with E-state index in [0.29, 0.717) is 11.6 Å². The molecule has 2 aliphatic rings. The highest BCUT2D eigenvalue weighted by Crippen LogP contribution is 2.28. The molecule has 146 valence electrons. The van der Waals surface area contributed by atoms with Gasteiger partial charge in [-0.3, -0.25) is 9.89 Å². The Morgan fingerprint density at radius 2 is 2.26 bits per heavy atom. The summed E-state index contributed by atoms with van der Waals surface area (Å²) in [6.45, 7) is 6.57. The van der Waals surface area contributed by atoms with Gasteiger partial charge in [0.1, 0.15) is 5.82 Å². The third kappa shape index (κ3) is 3.65. The van der Waals surface area contributed by atoms with Crippen LogP contribution in [0.5, 0.6) is 0 Å². The first kappa shape index (κ1) is 18.2. The number of aromatic nitrogens is 4. The van der Waals surface area contributed by atoms with E-state index < -0.39 is 0 Å². The number of rotatable bonds is 5. The Morgan fingerprint density at radius 3 is 3.11 bits per heavy atom. The monoisotopic (exact) mass is 370 g/mol. The van der Waals surface area contributed by atoms with Crippen LogP contribution in [0.4, 0.5) is 0 Å². The Morgan fingerprint density at radius 1 is 1.37 bits per heavy atom. The molecule has 0 aliphatic carbocycles. The quantitative estimate of drug-likeness (QED) is 0.877. The van der Waals surface area contributed by atoms with E-state index >= 15 is 0 Å². The summed E-state index contributed by atoms with van der Waals surface area (Å²) in [7, 11) is 2.09. The first-order chi connectivity index (χ1) is 13.2. The topological polar surface area (TPSA) is 70.0 Å². The molecule has 1 amide bonds. The van der Waals surface area contributed by atoms with Gasteiger partial charge in [-0.1, -0.05) is 13.3 Å². The molecule has 0 spiro atoms. The Labute approximate surface area is 160 Å². The maximum absolute atomic E-state index is 13.2. The zero-order valence-corrected chi connectivity index (χ0v) is 16.4. The van der Waals surface area contributed by atoms with Gasteiger partial charge in [0.05, 0.1) is 0 Å². The smallest absolute Gasteiger partial charge is 0.274 e. The third-order valence-electron chi connectivity index (χ3n) is 5.90. The summed E-state index contributed by atoms with van der Waals surface area (Å²) in [5.74, 6) is 1.51. The lowest BCUT2D eigenvalue weighted by molar-refractivity contribution is 0.0695. The van der Waals surface area contributed by atoms with Crippen LogP contribution in [0.1, 0.15) is 66.1 Å². The molecule has 7 nitrogen and oxygen atoms in total. The molecule has 1 atom stereocenters. The lowest BCUT2D eigenvalue weighted by Crippen LogP contribution is -2.40. The zero-order chi connectivity index (χ0) is 18.8. The SMILES string of the molecule is CCCCn1ccnc1C1CCCN(C(=O)c2n[nH]c3c2CN(C)CC3)C1. The van der Waals surface area contributed by atoms with E-state index in [-0.39, 0.29) is 5.91 Å². The highest BCUT2D eigenvalue weighted by Gasteiger charge is 2.31. The molecule has 7 heteroatoms. The van der Waals surface area contributed by atoms with E-state index in [2.05, 4.69) is 44.8 Å². The number of fused-ring (bicyclic) bond motifs is 1. The predicted molar refractivity (Wildman–Crippen MR) is 104 cm³/mol. The molecule has 27 heavy (non-hydrogen) atoms. The molecule has 0 aromatic carbocycles. The van der Waals surface area contributed by atoms with Gasteiger partial charge in [0, 0.05) is 68.7 Å². The molecule has 0 radical (unpaired) electrons. The Balaban J connectivity index is 1.50. The second-order valence-electron chi connectivity index (χ2n) is 7.94. The molecule has 1 saturated heterocycles. The molecule has 1 N–H and O–H groups in total. The molecular formula is C20H30N6O. The van der Waals surface area contributed by atoms with Gasteiger partial charge in [0.15, 0.2) is 5.69 Å². The Hall–Kier alpha value is -2.15. The summed E-state index contributed by atoms with van der Waals surface area (Å²) < 4.78 is 2.27. The van der Waals surface area contributed by atoms with E-state index in [9.17, 15) is 4.79 Å². The lowest BCUT2D eigenvalue weighted by Gasteiger charge is -2.33. The highest BCUT2D eigenvalue weighted by atomic mass is 16.2. The van der Waals surface area contributed by atoms with Crippen LogP contribution in [-0.4, -0.2) is 62.1 Å². The van der Waals surface area contributed by atoms with E-state index in [1.165, 1.54) is 6.42 Å². The predicted octanol–water partition coefficient (Wildman–Crippen LogP) is 2.41. The second kappa shape index (κ2) is 7.84. The third-order valence-corrected chi connectivity index (χ3v) is 5.90. The maximum atomic E-state index is 13.2. The number of piperidine rings is 1. The molecule has 4 heterocycles. The van der Waals surface area contributed by atoms with Gasteiger partial charge in [0.25, 0.3) is 5.91 Å². The van der Waals surface area contributed by atoms with Gasteiger partial charge in [-0.15, -0.1) is 0 Å². The van der Waals surface area contributed by atoms with Gasteiger partial charge >= 0.3 is 0 Å². The zero-order valence-electron chi connectivity index (χ0n) is 16.4. The number of hydrogen-bond acceptors (Lipinski definition) is 4. The molecule has 2 aromatic heterocycles. The molecule has 1 unspecified atom stereocenters. The number of nitrogens with zero attached hydrogens (tertiary/aromatic N) is 5. The van der Waals surface area contributed by atoms with Crippen LogP contribution in [0, 0.1) is 0 Å². The minimum atomic E-state index is 0.0687. The van der Waals surface area contributed by atoms with Crippen molar-refractivity contribution in [1.82, 2.24) is 29.5 Å². The fourth-order valence-electron chi connectivity index (χ4n) is 4.33. The van der Waals surface area contributed by atoms with Gasteiger partial charge in [0.2, 0.25) is 0 Å². The van der Waals surface area contributed by atoms with Gasteiger partial charge in [-0.25, -0.2) is 4.98 Å². The van der Waals surface area contributed by atoms with Crippen LogP contribution in [0.25, 0.3) is 0 Å². The van der Waals surface area contributed by atoms with E-state index in [4.69, 9.17) is 0 Å². The number of imidazole rings is 1. The summed E-state index contributed by atoms with van der Waals surface area (Å²) in [6, 6.07) is 0. The van der Waals surface area contributed by atoms with E-state index in [1.54, 1.807) is 0 Å². The Kier molecular flexibility index (Phi) is 5.29. The van der Waals surface area contributed by atoms with Crippen molar-refractivity contribution in [2.75, 3.05) is 26.7 Å². The maximum Gasteiger partial charge on any atom is 0.274 e. The molecular weight excluding hydrogens is 340 g/mol. The van der Waals surface area contributed by atoms with Crippen molar-refractivity contribution in [2.45, 2.75) is 58.0 Å². The molecule has 2 aliphatic heterocycles. The number of likely N-dealkylation sites (tertiary alicyclic amines) is 1. The largest absolute Gasteiger partial charge is 0.337 e. The number of hydrogen-bond donors (Lipinski definition) is 1. The van der Waals surface area contributed by atoms with Crippen molar-refractivity contribution in [2.24, 2.45) is 0 Å². The number of carbonyl (C=O) groups excluding carboxylic acids is 1. The molecule has 0 bridgehead atoms. The minimum Gasteiger partial charge on any atom is -0.337 e. The van der Waals surface area contributed by atoms with Crippen LogP contribution in [0.2, 0.25) is 0 Å². The lowest BCUT2D eigenvalue weighted by atomic mass is 9.96. The summed E-state index contributed by atoms with van der Waals surface area (Å²) in [5.41, 5.74) is 2.83. The van der Waals surface area contributed by atoms with E-state index in [1.807, 2.05) is 11.1 Å². The molecule has 0 saturated carbocycles. The summed E-state index contributed by atoms with van der Waals surface area (Å²) >= 11 is 0. The average Bonchev–Trinajstić information content (AvgIpc) is 3.32. The van der Waals surface area contributed by atoms with Gasteiger partial charge in [-0.05, 0) is 26.3 Å². The van der Waals surface area contributed by atoms with Crippen LogP contribution >= 0.6 is 0 Å². The number of amides is 1.